The first kappa shape index (κ1) is 15.1. The molecule has 3 heteroatoms. The smallest absolute Gasteiger partial charge is 0.193 e. The average Bonchev–Trinajstić information content (AvgIpc) is 2.62. The fourth-order valence-corrected chi connectivity index (χ4v) is 3.59. The Balaban J connectivity index is 1.92. The van der Waals surface area contributed by atoms with Gasteiger partial charge in [-0.05, 0) is 28.8 Å². The van der Waals surface area contributed by atoms with Crippen LogP contribution >= 0.6 is 11.6 Å². The summed E-state index contributed by atoms with van der Waals surface area (Å²) >= 11 is 5.96. The zero-order valence-corrected chi connectivity index (χ0v) is 13.6. The summed E-state index contributed by atoms with van der Waals surface area (Å²) in [4.78, 5) is 12.8. The topological polar surface area (TPSA) is 37.3 Å². The van der Waals surface area contributed by atoms with Crippen LogP contribution in [0.5, 0.6) is 0 Å². The maximum absolute atomic E-state index is 12.8. The number of fused-ring (bicyclic) bond motifs is 2. The fourth-order valence-electron chi connectivity index (χ4n) is 3.46. The Morgan fingerprint density at radius 2 is 1.29 bits per heavy atom. The summed E-state index contributed by atoms with van der Waals surface area (Å²) in [5.74, 6) is -0.0398. The van der Waals surface area contributed by atoms with Gasteiger partial charge in [-0.2, -0.15) is 0 Å². The van der Waals surface area contributed by atoms with Gasteiger partial charge in [0.05, 0.1) is 0 Å². The van der Waals surface area contributed by atoms with Crippen LogP contribution in [0.15, 0.2) is 72.8 Å². The number of ketones is 1. The van der Waals surface area contributed by atoms with E-state index in [-0.39, 0.29) is 5.78 Å². The number of benzene rings is 3. The number of carbonyl (C=O) groups is 1. The quantitative estimate of drug-likeness (QED) is 0.756. The van der Waals surface area contributed by atoms with E-state index >= 15 is 0 Å². The van der Waals surface area contributed by atoms with E-state index in [1.54, 1.807) is 12.1 Å². The Kier molecular flexibility index (Phi) is 3.52. The summed E-state index contributed by atoms with van der Waals surface area (Å²) in [6.45, 7) is 0. The van der Waals surface area contributed by atoms with Gasteiger partial charge in [0.25, 0.3) is 0 Å². The van der Waals surface area contributed by atoms with Gasteiger partial charge in [0.1, 0.15) is 5.60 Å². The van der Waals surface area contributed by atoms with E-state index in [9.17, 15) is 9.90 Å². The van der Waals surface area contributed by atoms with Crippen molar-refractivity contribution in [2.24, 2.45) is 0 Å². The highest BCUT2D eigenvalue weighted by molar-refractivity contribution is 6.30. The van der Waals surface area contributed by atoms with Crippen LogP contribution in [0.1, 0.15) is 32.6 Å². The Bertz CT molecular complexity index is 879. The summed E-state index contributed by atoms with van der Waals surface area (Å²) in [7, 11) is 0. The van der Waals surface area contributed by atoms with E-state index in [4.69, 9.17) is 11.6 Å². The van der Waals surface area contributed by atoms with E-state index in [0.717, 1.165) is 5.56 Å². The van der Waals surface area contributed by atoms with E-state index in [1.807, 2.05) is 60.7 Å². The van der Waals surface area contributed by atoms with Crippen LogP contribution in [-0.2, 0) is 12.0 Å². The molecule has 0 heterocycles. The van der Waals surface area contributed by atoms with Gasteiger partial charge in [-0.3, -0.25) is 4.79 Å². The molecule has 1 aliphatic carbocycles. The van der Waals surface area contributed by atoms with Crippen LogP contribution in [0.25, 0.3) is 0 Å². The summed E-state index contributed by atoms with van der Waals surface area (Å²) in [6, 6.07) is 22.0. The lowest BCUT2D eigenvalue weighted by Crippen LogP contribution is -2.37. The standard InChI is InChI=1S/C21H15ClO2/c22-15-11-9-14(10-12-15)13-21(24)18-7-3-1-5-16(18)20(23)17-6-2-4-8-19(17)21/h1-12,24H,13H2. The van der Waals surface area contributed by atoms with Gasteiger partial charge < -0.3 is 5.11 Å². The first-order valence-corrected chi connectivity index (χ1v) is 8.18. The lowest BCUT2D eigenvalue weighted by atomic mass is 9.71. The molecule has 1 N–H and O–H groups in total. The first-order chi connectivity index (χ1) is 11.6. The zero-order valence-electron chi connectivity index (χ0n) is 12.9. The summed E-state index contributed by atoms with van der Waals surface area (Å²) < 4.78 is 0. The van der Waals surface area contributed by atoms with Crippen LogP contribution in [0.3, 0.4) is 0 Å². The van der Waals surface area contributed by atoms with Gasteiger partial charge in [0.2, 0.25) is 0 Å². The molecule has 0 atom stereocenters. The number of rotatable bonds is 2. The zero-order chi connectivity index (χ0) is 16.7. The molecule has 0 saturated heterocycles. The molecule has 1 aliphatic rings. The summed E-state index contributed by atoms with van der Waals surface area (Å²) in [5.41, 5.74) is 2.16. The van der Waals surface area contributed by atoms with Gasteiger partial charge in [-0.25, -0.2) is 0 Å². The molecule has 4 rings (SSSR count). The molecule has 0 aromatic heterocycles. The second-order valence-corrected chi connectivity index (χ2v) is 6.52. The third kappa shape index (κ3) is 2.27. The molecule has 118 valence electrons. The molecule has 0 saturated carbocycles. The first-order valence-electron chi connectivity index (χ1n) is 7.80. The normalized spacial score (nSPS) is 14.8. The maximum atomic E-state index is 12.8. The Morgan fingerprint density at radius 3 is 1.83 bits per heavy atom. The lowest BCUT2D eigenvalue weighted by molar-refractivity contribution is 0.0721. The van der Waals surface area contributed by atoms with Crippen LogP contribution < -0.4 is 0 Å². The molecule has 0 amide bonds. The van der Waals surface area contributed by atoms with Crippen LogP contribution in [0.2, 0.25) is 5.02 Å². The highest BCUT2D eigenvalue weighted by Gasteiger charge is 2.41. The highest BCUT2D eigenvalue weighted by Crippen LogP contribution is 2.41. The maximum Gasteiger partial charge on any atom is 0.193 e. The molecular weight excluding hydrogens is 320 g/mol. The Hall–Kier alpha value is -2.42. The molecule has 3 aromatic carbocycles. The minimum absolute atomic E-state index is 0.0398. The Morgan fingerprint density at radius 1 is 0.792 bits per heavy atom. The fraction of sp³-hybridized carbons (Fsp3) is 0.0952. The van der Waals surface area contributed by atoms with Crippen molar-refractivity contribution in [1.29, 1.82) is 0 Å². The number of hydrogen-bond donors (Lipinski definition) is 1. The largest absolute Gasteiger partial charge is 0.380 e. The van der Waals surface area contributed by atoms with Crippen molar-refractivity contribution in [1.82, 2.24) is 0 Å². The predicted molar refractivity (Wildman–Crippen MR) is 94.5 cm³/mol. The monoisotopic (exact) mass is 334 g/mol. The predicted octanol–water partition coefficient (Wildman–Crippen LogP) is 4.36. The van der Waals surface area contributed by atoms with Crippen LogP contribution in [0, 0.1) is 0 Å². The van der Waals surface area contributed by atoms with Crippen molar-refractivity contribution >= 4 is 17.4 Å². The molecule has 0 aliphatic heterocycles. The average molecular weight is 335 g/mol. The molecule has 0 fully saturated rings. The number of aliphatic hydroxyl groups is 1. The third-order valence-electron chi connectivity index (χ3n) is 4.61. The third-order valence-corrected chi connectivity index (χ3v) is 4.86. The van der Waals surface area contributed by atoms with Gasteiger partial charge in [-0.1, -0.05) is 72.3 Å². The second-order valence-electron chi connectivity index (χ2n) is 6.08. The van der Waals surface area contributed by atoms with Crippen molar-refractivity contribution in [3.05, 3.63) is 106 Å². The van der Waals surface area contributed by atoms with Crippen LogP contribution in [-0.4, -0.2) is 10.9 Å². The minimum Gasteiger partial charge on any atom is -0.380 e. The summed E-state index contributed by atoms with van der Waals surface area (Å²) in [6.07, 6.45) is 0.380. The van der Waals surface area contributed by atoms with Crippen molar-refractivity contribution < 1.29 is 9.90 Å². The highest BCUT2D eigenvalue weighted by atomic mass is 35.5. The van der Waals surface area contributed by atoms with Gasteiger partial charge in [-0.15, -0.1) is 0 Å². The molecule has 24 heavy (non-hydrogen) atoms. The lowest BCUT2D eigenvalue weighted by Gasteiger charge is -2.36. The van der Waals surface area contributed by atoms with E-state index in [1.165, 1.54) is 0 Å². The van der Waals surface area contributed by atoms with Crippen molar-refractivity contribution in [2.75, 3.05) is 0 Å². The van der Waals surface area contributed by atoms with E-state index in [0.29, 0.717) is 33.7 Å². The number of carbonyl (C=O) groups excluding carboxylic acids is 1. The number of halogens is 1. The molecular formula is C21H15ClO2. The van der Waals surface area contributed by atoms with Gasteiger partial charge >= 0.3 is 0 Å². The van der Waals surface area contributed by atoms with E-state index < -0.39 is 5.60 Å². The van der Waals surface area contributed by atoms with E-state index in [2.05, 4.69) is 0 Å². The second kappa shape index (κ2) is 5.59. The van der Waals surface area contributed by atoms with Crippen molar-refractivity contribution in [3.8, 4) is 0 Å². The summed E-state index contributed by atoms with van der Waals surface area (Å²) in [5, 5.41) is 12.3. The SMILES string of the molecule is O=C1c2ccccc2C(O)(Cc2ccc(Cl)cc2)c2ccccc21. The minimum atomic E-state index is -1.24. The van der Waals surface area contributed by atoms with Gasteiger partial charge in [0, 0.05) is 22.6 Å². The molecule has 0 spiro atoms. The molecule has 2 nitrogen and oxygen atoms in total. The molecule has 0 unspecified atom stereocenters. The van der Waals surface area contributed by atoms with Gasteiger partial charge in [0.15, 0.2) is 5.78 Å². The molecule has 3 aromatic rings. The van der Waals surface area contributed by atoms with Crippen LogP contribution in [0.4, 0.5) is 0 Å². The number of hydrogen-bond acceptors (Lipinski definition) is 2. The Labute approximate surface area is 145 Å². The molecule has 0 radical (unpaired) electrons. The van der Waals surface area contributed by atoms with Crippen molar-refractivity contribution in [3.63, 3.8) is 0 Å². The molecule has 0 bridgehead atoms. The van der Waals surface area contributed by atoms with Crippen molar-refractivity contribution in [2.45, 2.75) is 12.0 Å².